The zero-order valence-electron chi connectivity index (χ0n) is 15.8. The van der Waals surface area contributed by atoms with Crippen molar-refractivity contribution in [2.45, 2.75) is 18.9 Å². The van der Waals surface area contributed by atoms with Crippen LogP contribution < -0.4 is 10.6 Å². The van der Waals surface area contributed by atoms with Crippen LogP contribution in [0, 0.1) is 5.82 Å². The van der Waals surface area contributed by atoms with Crippen molar-refractivity contribution in [3.05, 3.63) is 35.6 Å². The fourth-order valence-electron chi connectivity index (χ4n) is 3.02. The van der Waals surface area contributed by atoms with Gasteiger partial charge in [-0.3, -0.25) is 9.89 Å². The van der Waals surface area contributed by atoms with Crippen LogP contribution in [0.1, 0.15) is 24.4 Å². The van der Waals surface area contributed by atoms with Gasteiger partial charge < -0.3 is 15.4 Å². The van der Waals surface area contributed by atoms with E-state index in [9.17, 15) is 4.39 Å². The molecule has 0 radical (unpaired) electrons. The van der Waals surface area contributed by atoms with E-state index in [1.807, 2.05) is 23.9 Å². The fourth-order valence-corrected chi connectivity index (χ4v) is 3.52. The largest absolute Gasteiger partial charge is 0.379 e. The summed E-state index contributed by atoms with van der Waals surface area (Å²) in [5.74, 6) is 1.80. The van der Waals surface area contributed by atoms with Gasteiger partial charge >= 0.3 is 0 Å². The van der Waals surface area contributed by atoms with E-state index in [1.54, 1.807) is 7.05 Å². The number of rotatable bonds is 9. The molecular weight excluding hydrogens is 351 g/mol. The maximum atomic E-state index is 13.3. The van der Waals surface area contributed by atoms with Gasteiger partial charge in [0, 0.05) is 33.2 Å². The minimum absolute atomic E-state index is 0.162. The zero-order chi connectivity index (χ0) is 18.6. The number of thioether (sulfide) groups is 1. The quantitative estimate of drug-likeness (QED) is 0.390. The smallest absolute Gasteiger partial charge is 0.191 e. The first-order valence-electron chi connectivity index (χ1n) is 9.25. The lowest BCUT2D eigenvalue weighted by Crippen LogP contribution is -2.46. The summed E-state index contributed by atoms with van der Waals surface area (Å²) in [4.78, 5) is 6.70. The number of guanidine groups is 1. The maximum Gasteiger partial charge on any atom is 0.191 e. The van der Waals surface area contributed by atoms with Gasteiger partial charge in [0.05, 0.1) is 19.3 Å². The Kier molecular flexibility index (Phi) is 9.81. The Morgan fingerprint density at radius 2 is 1.96 bits per heavy atom. The maximum absolute atomic E-state index is 13.3. The molecule has 0 amide bonds. The predicted octanol–water partition coefficient (Wildman–Crippen LogP) is 2.51. The van der Waals surface area contributed by atoms with Gasteiger partial charge in [0.2, 0.25) is 0 Å². The summed E-state index contributed by atoms with van der Waals surface area (Å²) in [6.45, 7) is 4.87. The van der Waals surface area contributed by atoms with Gasteiger partial charge in [-0.25, -0.2) is 4.39 Å². The Hall–Kier alpha value is -1.31. The highest BCUT2D eigenvalue weighted by Gasteiger charge is 2.22. The lowest BCUT2D eigenvalue weighted by molar-refractivity contribution is 0.0170. The van der Waals surface area contributed by atoms with Crippen molar-refractivity contribution in [3.63, 3.8) is 0 Å². The van der Waals surface area contributed by atoms with Gasteiger partial charge in [-0.2, -0.15) is 11.8 Å². The second-order valence-corrected chi connectivity index (χ2v) is 7.28. The lowest BCUT2D eigenvalue weighted by atomic mass is 10.0. The topological polar surface area (TPSA) is 48.9 Å². The first kappa shape index (κ1) is 21.0. The summed E-state index contributed by atoms with van der Waals surface area (Å²) in [7, 11) is 1.79. The van der Waals surface area contributed by atoms with Crippen molar-refractivity contribution in [3.8, 4) is 0 Å². The number of halogens is 1. The number of nitrogens with one attached hydrogen (secondary N) is 2. The van der Waals surface area contributed by atoms with Crippen LogP contribution in [0.5, 0.6) is 0 Å². The monoisotopic (exact) mass is 382 g/mol. The second-order valence-electron chi connectivity index (χ2n) is 6.30. The van der Waals surface area contributed by atoms with Crippen LogP contribution in [0.2, 0.25) is 0 Å². The van der Waals surface area contributed by atoms with Crippen LogP contribution >= 0.6 is 11.8 Å². The lowest BCUT2D eigenvalue weighted by Gasteiger charge is -2.35. The molecule has 1 fully saturated rings. The van der Waals surface area contributed by atoms with Crippen LogP contribution in [-0.2, 0) is 4.74 Å². The van der Waals surface area contributed by atoms with Crippen LogP contribution in [0.25, 0.3) is 0 Å². The van der Waals surface area contributed by atoms with Gasteiger partial charge in [-0.1, -0.05) is 12.1 Å². The van der Waals surface area contributed by atoms with Gasteiger partial charge in [0.1, 0.15) is 5.82 Å². The Labute approximate surface area is 160 Å². The Morgan fingerprint density at radius 1 is 1.23 bits per heavy atom. The summed E-state index contributed by atoms with van der Waals surface area (Å²) in [6.07, 6.45) is 4.47. The summed E-state index contributed by atoms with van der Waals surface area (Å²) < 4.78 is 18.8. The molecule has 1 unspecified atom stereocenters. The highest BCUT2D eigenvalue weighted by Crippen LogP contribution is 2.21. The van der Waals surface area contributed by atoms with E-state index in [2.05, 4.69) is 26.8 Å². The molecule has 1 heterocycles. The predicted molar refractivity (Wildman–Crippen MR) is 109 cm³/mol. The van der Waals surface area contributed by atoms with Crippen LogP contribution in [-0.4, -0.2) is 69.3 Å². The number of hydrogen-bond donors (Lipinski definition) is 2. The molecule has 1 aromatic carbocycles. The fraction of sp³-hybridized carbons (Fsp3) is 0.632. The standard InChI is InChI=1S/C19H31FN4OS/c1-21-19(22-9-3-4-14-26-2)23-15-18(24-10-12-25-13-11-24)16-5-7-17(20)8-6-16/h5-8,18H,3-4,9-15H2,1-2H3,(H2,21,22,23). The molecule has 0 saturated carbocycles. The summed E-state index contributed by atoms with van der Waals surface area (Å²) in [6, 6.07) is 6.96. The van der Waals surface area contributed by atoms with E-state index in [0.29, 0.717) is 0 Å². The van der Waals surface area contributed by atoms with E-state index < -0.39 is 0 Å². The number of ether oxygens (including phenoxy) is 1. The van der Waals surface area contributed by atoms with Crippen molar-refractivity contribution < 1.29 is 9.13 Å². The minimum atomic E-state index is -0.204. The van der Waals surface area contributed by atoms with E-state index in [1.165, 1.54) is 24.3 Å². The third-order valence-electron chi connectivity index (χ3n) is 4.50. The zero-order valence-corrected chi connectivity index (χ0v) is 16.7. The molecule has 1 aliphatic rings. The molecular formula is C19H31FN4OS. The third-order valence-corrected chi connectivity index (χ3v) is 5.19. The first-order chi connectivity index (χ1) is 12.7. The van der Waals surface area contributed by atoms with Crippen LogP contribution in [0.4, 0.5) is 4.39 Å². The Balaban J connectivity index is 1.91. The number of morpholine rings is 1. The number of aliphatic imine (C=N–C) groups is 1. The molecule has 7 heteroatoms. The average Bonchev–Trinajstić information content (AvgIpc) is 2.68. The molecule has 2 N–H and O–H groups in total. The second kappa shape index (κ2) is 12.1. The van der Waals surface area contributed by atoms with Gasteiger partial charge in [0.25, 0.3) is 0 Å². The highest BCUT2D eigenvalue weighted by molar-refractivity contribution is 7.98. The molecule has 1 saturated heterocycles. The Morgan fingerprint density at radius 3 is 2.62 bits per heavy atom. The van der Waals surface area contributed by atoms with Gasteiger partial charge in [-0.05, 0) is 42.5 Å². The number of hydrogen-bond acceptors (Lipinski definition) is 4. The molecule has 1 aromatic rings. The molecule has 0 aromatic heterocycles. The summed E-state index contributed by atoms with van der Waals surface area (Å²) >= 11 is 1.88. The molecule has 26 heavy (non-hydrogen) atoms. The van der Waals surface area contributed by atoms with Crippen LogP contribution in [0.15, 0.2) is 29.3 Å². The van der Waals surface area contributed by atoms with E-state index in [4.69, 9.17) is 4.74 Å². The summed E-state index contributed by atoms with van der Waals surface area (Å²) in [5, 5.41) is 6.80. The molecule has 2 rings (SSSR count). The van der Waals surface area contributed by atoms with Crippen molar-refractivity contribution in [1.82, 2.24) is 15.5 Å². The van der Waals surface area contributed by atoms with Crippen molar-refractivity contribution in [2.24, 2.45) is 4.99 Å². The SMILES string of the molecule is CN=C(NCCCCSC)NCC(c1ccc(F)cc1)N1CCOCC1. The molecule has 1 aliphatic heterocycles. The number of nitrogens with zero attached hydrogens (tertiary/aromatic N) is 2. The highest BCUT2D eigenvalue weighted by atomic mass is 32.2. The van der Waals surface area contributed by atoms with Crippen LogP contribution in [0.3, 0.4) is 0 Å². The molecule has 0 bridgehead atoms. The van der Waals surface area contributed by atoms with E-state index in [-0.39, 0.29) is 11.9 Å². The van der Waals surface area contributed by atoms with Crippen molar-refractivity contribution >= 4 is 17.7 Å². The molecule has 0 spiro atoms. The summed E-state index contributed by atoms with van der Waals surface area (Å²) in [5.41, 5.74) is 1.11. The number of benzene rings is 1. The molecule has 5 nitrogen and oxygen atoms in total. The van der Waals surface area contributed by atoms with Gasteiger partial charge in [0.15, 0.2) is 5.96 Å². The molecule has 0 aliphatic carbocycles. The van der Waals surface area contributed by atoms with Crippen molar-refractivity contribution in [1.29, 1.82) is 0 Å². The molecule has 146 valence electrons. The van der Waals surface area contributed by atoms with Crippen molar-refractivity contribution in [2.75, 3.05) is 58.4 Å². The average molecular weight is 383 g/mol. The normalized spacial score (nSPS) is 17.1. The third kappa shape index (κ3) is 7.13. The number of unbranched alkanes of at least 4 members (excludes halogenated alkanes) is 1. The van der Waals surface area contributed by atoms with E-state index >= 15 is 0 Å². The molecule has 1 atom stereocenters. The minimum Gasteiger partial charge on any atom is -0.379 e. The van der Waals surface area contributed by atoms with E-state index in [0.717, 1.165) is 57.3 Å². The van der Waals surface area contributed by atoms with Gasteiger partial charge in [-0.15, -0.1) is 0 Å². The first-order valence-corrected chi connectivity index (χ1v) is 10.6. The Bertz CT molecular complexity index is 535.